The lowest BCUT2D eigenvalue weighted by atomic mass is 10.0. The second-order valence-electron chi connectivity index (χ2n) is 12.4. The second-order valence-corrected chi connectivity index (χ2v) is 12.4. The lowest BCUT2D eigenvalue weighted by Crippen LogP contribution is -2.15. The van der Waals surface area contributed by atoms with Gasteiger partial charge in [-0.2, -0.15) is 5.10 Å². The standard InChI is InChI=1S/C49H38N2O2/c52-44-32-25-38(26-33-44)14-8-7-13-37-23-30-43(31-24-37)51(50-49(41-17-3-1-4-18-41)42-19-5-2-6-20-42)48-36-29-40(46-21-11-12-22-47(46)48)16-10-9-15-39-27-34-45(53)35-28-39/h1-36,52-53H. The molecule has 0 radical (unpaired) electrons. The number of anilines is 2. The third-order valence-corrected chi connectivity index (χ3v) is 8.75. The Bertz CT molecular complexity index is 2380. The monoisotopic (exact) mass is 686 g/mol. The minimum atomic E-state index is 0.255. The molecule has 53 heavy (non-hydrogen) atoms. The predicted molar refractivity (Wildman–Crippen MR) is 223 cm³/mol. The van der Waals surface area contributed by atoms with E-state index in [1.807, 2.05) is 102 Å². The van der Waals surface area contributed by atoms with E-state index < -0.39 is 0 Å². The second kappa shape index (κ2) is 16.7. The van der Waals surface area contributed by atoms with Crippen molar-refractivity contribution in [1.29, 1.82) is 0 Å². The van der Waals surface area contributed by atoms with Crippen LogP contribution in [0.15, 0.2) is 199 Å². The Kier molecular flexibility index (Phi) is 10.8. The fourth-order valence-electron chi connectivity index (χ4n) is 6.02. The first-order valence-corrected chi connectivity index (χ1v) is 17.5. The number of aromatic hydroxyl groups is 2. The molecule has 7 aromatic rings. The summed E-state index contributed by atoms with van der Waals surface area (Å²) in [6, 6.07) is 56.1. The van der Waals surface area contributed by atoms with Crippen molar-refractivity contribution in [3.8, 4) is 11.5 Å². The number of fused-ring (bicyclic) bond motifs is 1. The van der Waals surface area contributed by atoms with E-state index in [0.29, 0.717) is 0 Å². The molecule has 0 spiro atoms. The zero-order valence-corrected chi connectivity index (χ0v) is 29.1. The minimum Gasteiger partial charge on any atom is -0.508 e. The highest BCUT2D eigenvalue weighted by Gasteiger charge is 2.17. The fraction of sp³-hybridized carbons (Fsp3) is 0. The Labute approximate surface area is 310 Å². The van der Waals surface area contributed by atoms with Crippen molar-refractivity contribution in [3.05, 3.63) is 228 Å². The number of rotatable bonds is 11. The van der Waals surface area contributed by atoms with Gasteiger partial charge in [0.1, 0.15) is 11.5 Å². The van der Waals surface area contributed by atoms with E-state index >= 15 is 0 Å². The lowest BCUT2D eigenvalue weighted by Gasteiger charge is -2.24. The van der Waals surface area contributed by atoms with Gasteiger partial charge < -0.3 is 10.2 Å². The molecule has 0 aliphatic carbocycles. The van der Waals surface area contributed by atoms with Crippen LogP contribution in [0.1, 0.15) is 33.4 Å². The van der Waals surface area contributed by atoms with Crippen LogP contribution in [0.5, 0.6) is 11.5 Å². The van der Waals surface area contributed by atoms with E-state index in [1.54, 1.807) is 24.3 Å². The highest BCUT2D eigenvalue weighted by Crippen LogP contribution is 2.36. The van der Waals surface area contributed by atoms with Gasteiger partial charge in [0.25, 0.3) is 0 Å². The molecule has 0 amide bonds. The number of hydrazone groups is 1. The van der Waals surface area contributed by atoms with Crippen LogP contribution in [-0.4, -0.2) is 15.9 Å². The molecule has 0 saturated heterocycles. The summed E-state index contributed by atoms with van der Waals surface area (Å²) >= 11 is 0. The zero-order valence-electron chi connectivity index (χ0n) is 29.1. The van der Waals surface area contributed by atoms with E-state index in [9.17, 15) is 10.2 Å². The Balaban J connectivity index is 1.27. The topological polar surface area (TPSA) is 56.1 Å². The maximum Gasteiger partial charge on any atom is 0.115 e. The maximum atomic E-state index is 9.61. The van der Waals surface area contributed by atoms with Crippen molar-refractivity contribution >= 4 is 52.2 Å². The third kappa shape index (κ3) is 8.77. The smallest absolute Gasteiger partial charge is 0.115 e. The van der Waals surface area contributed by atoms with E-state index in [4.69, 9.17) is 5.10 Å². The maximum absolute atomic E-state index is 9.61. The van der Waals surface area contributed by atoms with Crippen LogP contribution in [0, 0.1) is 0 Å². The van der Waals surface area contributed by atoms with Crippen molar-refractivity contribution in [3.63, 3.8) is 0 Å². The van der Waals surface area contributed by atoms with Gasteiger partial charge in [0.2, 0.25) is 0 Å². The van der Waals surface area contributed by atoms with Crippen LogP contribution < -0.4 is 5.01 Å². The number of hydrogen-bond donors (Lipinski definition) is 2. The number of hydrogen-bond acceptors (Lipinski definition) is 4. The summed E-state index contributed by atoms with van der Waals surface area (Å²) in [7, 11) is 0. The van der Waals surface area contributed by atoms with Crippen LogP contribution in [0.2, 0.25) is 0 Å². The van der Waals surface area contributed by atoms with E-state index in [0.717, 1.165) is 61.2 Å². The molecule has 4 nitrogen and oxygen atoms in total. The number of allylic oxidation sites excluding steroid dienone is 4. The number of benzene rings is 7. The van der Waals surface area contributed by atoms with Crippen LogP contribution >= 0.6 is 0 Å². The molecule has 7 rings (SSSR count). The van der Waals surface area contributed by atoms with Gasteiger partial charge in [-0.25, -0.2) is 5.01 Å². The molecular formula is C49H38N2O2. The Hall–Kier alpha value is -7.17. The van der Waals surface area contributed by atoms with Crippen molar-refractivity contribution < 1.29 is 10.2 Å². The summed E-state index contributed by atoms with van der Waals surface area (Å²) in [4.78, 5) is 0. The van der Waals surface area contributed by atoms with E-state index in [1.165, 1.54) is 0 Å². The van der Waals surface area contributed by atoms with Gasteiger partial charge in [0, 0.05) is 16.5 Å². The van der Waals surface area contributed by atoms with Crippen molar-refractivity contribution in [2.45, 2.75) is 0 Å². The van der Waals surface area contributed by atoms with Gasteiger partial charge in [-0.3, -0.25) is 0 Å². The predicted octanol–water partition coefficient (Wildman–Crippen LogP) is 12.3. The van der Waals surface area contributed by atoms with Crippen LogP contribution in [0.4, 0.5) is 11.4 Å². The van der Waals surface area contributed by atoms with Gasteiger partial charge in [0.15, 0.2) is 0 Å². The molecule has 0 aromatic heterocycles. The molecule has 0 unspecified atom stereocenters. The highest BCUT2D eigenvalue weighted by atomic mass is 16.3. The van der Waals surface area contributed by atoms with Crippen molar-refractivity contribution in [2.24, 2.45) is 5.10 Å². The molecule has 0 heterocycles. The first kappa shape index (κ1) is 34.3. The Morgan fingerprint density at radius 3 is 1.36 bits per heavy atom. The van der Waals surface area contributed by atoms with E-state index in [2.05, 4.69) is 97.1 Å². The molecule has 0 atom stereocenters. The Morgan fingerprint density at radius 2 is 0.849 bits per heavy atom. The average molecular weight is 687 g/mol. The van der Waals surface area contributed by atoms with Crippen LogP contribution in [-0.2, 0) is 0 Å². The number of nitrogens with zero attached hydrogens (tertiary/aromatic N) is 2. The molecule has 4 heteroatoms. The molecule has 256 valence electrons. The number of phenols is 2. The molecule has 2 N–H and O–H groups in total. The minimum absolute atomic E-state index is 0.255. The average Bonchev–Trinajstić information content (AvgIpc) is 3.21. The Morgan fingerprint density at radius 1 is 0.415 bits per heavy atom. The first-order chi connectivity index (χ1) is 26.1. The molecule has 0 bridgehead atoms. The summed E-state index contributed by atoms with van der Waals surface area (Å²) in [5.74, 6) is 0.512. The summed E-state index contributed by atoms with van der Waals surface area (Å²) < 4.78 is 0. The fourth-order valence-corrected chi connectivity index (χ4v) is 6.02. The molecule has 0 fully saturated rings. The van der Waals surface area contributed by atoms with Crippen molar-refractivity contribution in [1.82, 2.24) is 0 Å². The summed E-state index contributed by atoms with van der Waals surface area (Å²) in [5, 5.41) is 28.9. The largest absolute Gasteiger partial charge is 0.508 e. The van der Waals surface area contributed by atoms with Crippen LogP contribution in [0.3, 0.4) is 0 Å². The van der Waals surface area contributed by atoms with Gasteiger partial charge in [-0.1, -0.05) is 176 Å². The molecule has 0 saturated carbocycles. The normalized spacial score (nSPS) is 11.6. The summed E-state index contributed by atoms with van der Waals surface area (Å²) in [6.45, 7) is 0. The summed E-state index contributed by atoms with van der Waals surface area (Å²) in [6.07, 6.45) is 16.3. The van der Waals surface area contributed by atoms with Gasteiger partial charge in [-0.15, -0.1) is 0 Å². The highest BCUT2D eigenvalue weighted by molar-refractivity contribution is 6.14. The summed E-state index contributed by atoms with van der Waals surface area (Å²) in [5.41, 5.74) is 8.98. The molecule has 0 aliphatic rings. The third-order valence-electron chi connectivity index (χ3n) is 8.75. The van der Waals surface area contributed by atoms with Gasteiger partial charge >= 0.3 is 0 Å². The molecular weight excluding hydrogens is 649 g/mol. The SMILES string of the molecule is Oc1ccc(C=CC=Cc2ccc(N(N=C(c3ccccc3)c3ccccc3)c3ccc(C=CC=Cc4ccc(O)cc4)c4ccccc34)cc2)cc1. The molecule has 7 aromatic carbocycles. The zero-order chi connectivity index (χ0) is 36.2. The lowest BCUT2D eigenvalue weighted by molar-refractivity contribution is 0.474. The van der Waals surface area contributed by atoms with Crippen LogP contribution in [0.25, 0.3) is 35.1 Å². The van der Waals surface area contributed by atoms with Crippen molar-refractivity contribution in [2.75, 3.05) is 5.01 Å². The van der Waals surface area contributed by atoms with Gasteiger partial charge in [-0.05, 0) is 70.1 Å². The first-order valence-electron chi connectivity index (χ1n) is 17.5. The quantitative estimate of drug-likeness (QED) is 0.0809. The molecule has 0 aliphatic heterocycles. The number of phenolic OH excluding ortho intramolecular Hbond substituents is 2. The van der Waals surface area contributed by atoms with Gasteiger partial charge in [0.05, 0.1) is 17.1 Å². The van der Waals surface area contributed by atoms with E-state index in [-0.39, 0.29) is 11.5 Å².